The van der Waals surface area contributed by atoms with Crippen LogP contribution in [-0.4, -0.2) is 4.98 Å². The van der Waals surface area contributed by atoms with E-state index in [0.717, 1.165) is 16.7 Å². The number of rotatable bonds is 2. The fourth-order valence-corrected chi connectivity index (χ4v) is 2.88. The van der Waals surface area contributed by atoms with Crippen LogP contribution < -0.4 is 5.30 Å². The molecule has 0 aliphatic carbocycles. The Morgan fingerprint density at radius 3 is 2.71 bits per heavy atom. The van der Waals surface area contributed by atoms with E-state index in [9.17, 15) is 0 Å². The first-order chi connectivity index (χ1) is 8.11. The summed E-state index contributed by atoms with van der Waals surface area (Å²) in [5, 5.41) is 1.23. The third kappa shape index (κ3) is 2.75. The lowest BCUT2D eigenvalue weighted by Gasteiger charge is -2.12. The molecule has 17 heavy (non-hydrogen) atoms. The number of aryl methyl sites for hydroxylation is 2. The Labute approximate surface area is 113 Å². The van der Waals surface area contributed by atoms with Gasteiger partial charge in [0.05, 0.1) is 5.69 Å². The van der Waals surface area contributed by atoms with Crippen LogP contribution in [0.4, 0.5) is 0 Å². The molecule has 0 aliphatic rings. The zero-order valence-electron chi connectivity index (χ0n) is 10.00. The summed E-state index contributed by atoms with van der Waals surface area (Å²) in [6, 6.07) is 10.4. The van der Waals surface area contributed by atoms with Crippen LogP contribution in [0.3, 0.4) is 0 Å². The lowest BCUT2D eigenvalue weighted by Crippen LogP contribution is -2.01. The molecule has 2 rings (SSSR count). The number of hydrogen-bond donors (Lipinski definition) is 0. The van der Waals surface area contributed by atoms with Crippen LogP contribution in [0.1, 0.15) is 18.1 Å². The molecule has 0 saturated heterocycles. The summed E-state index contributed by atoms with van der Waals surface area (Å²) < 4.78 is 0.881. The Morgan fingerprint density at radius 2 is 2.06 bits per heavy atom. The van der Waals surface area contributed by atoms with Gasteiger partial charge in [0.15, 0.2) is 0 Å². The van der Waals surface area contributed by atoms with Crippen molar-refractivity contribution in [1.82, 2.24) is 4.98 Å². The topological polar surface area (TPSA) is 12.9 Å². The van der Waals surface area contributed by atoms with E-state index < -0.39 is 0 Å². The summed E-state index contributed by atoms with van der Waals surface area (Å²) in [4.78, 5) is 4.55. The fraction of sp³-hybridized carbons (Fsp3) is 0.214. The number of hydrogen-bond acceptors (Lipinski definition) is 1. The third-order valence-corrected chi connectivity index (χ3v) is 3.57. The summed E-state index contributed by atoms with van der Waals surface area (Å²) in [5.41, 5.74) is 4.93. The molecule has 0 saturated carbocycles. The van der Waals surface area contributed by atoms with Crippen molar-refractivity contribution in [2.45, 2.75) is 20.3 Å². The molecule has 1 aromatic heterocycles. The first-order valence-electron chi connectivity index (χ1n) is 5.63. The zero-order valence-corrected chi connectivity index (χ0v) is 12.7. The van der Waals surface area contributed by atoms with Crippen LogP contribution in [0.25, 0.3) is 11.3 Å². The molecule has 0 bridgehead atoms. The molecule has 0 amide bonds. The Kier molecular flexibility index (Phi) is 3.96. The summed E-state index contributed by atoms with van der Waals surface area (Å²) in [6.07, 6.45) is 1.02. The smallest absolute Gasteiger partial charge is 0.106 e. The molecule has 1 unspecified atom stereocenters. The van der Waals surface area contributed by atoms with Gasteiger partial charge in [-0.2, -0.15) is 0 Å². The second-order valence-corrected chi connectivity index (χ2v) is 5.55. The number of pyridine rings is 1. The standard InChI is InChI=1S/C14H15BrNP/c1-3-10-8-11(17)7-9(2)14(10)12-5-4-6-13(15)16-12/h4-8H,3,17H2,1-2H3. The van der Waals surface area contributed by atoms with Gasteiger partial charge in [-0.1, -0.05) is 25.1 Å². The van der Waals surface area contributed by atoms with E-state index in [1.54, 1.807) is 0 Å². The van der Waals surface area contributed by atoms with Crippen LogP contribution in [0.5, 0.6) is 0 Å². The number of aromatic nitrogens is 1. The molecule has 1 heterocycles. The van der Waals surface area contributed by atoms with Crippen LogP contribution in [0.15, 0.2) is 34.9 Å². The van der Waals surface area contributed by atoms with E-state index in [0.29, 0.717) is 0 Å². The minimum absolute atomic E-state index is 0.881. The molecule has 88 valence electrons. The van der Waals surface area contributed by atoms with Crippen molar-refractivity contribution in [3.8, 4) is 11.3 Å². The average Bonchev–Trinajstić information content (AvgIpc) is 2.27. The van der Waals surface area contributed by atoms with Crippen LogP contribution in [0, 0.1) is 6.92 Å². The molecule has 0 radical (unpaired) electrons. The van der Waals surface area contributed by atoms with Crippen LogP contribution in [-0.2, 0) is 6.42 Å². The van der Waals surface area contributed by atoms with Crippen molar-refractivity contribution in [1.29, 1.82) is 0 Å². The second kappa shape index (κ2) is 5.29. The maximum absolute atomic E-state index is 4.55. The summed E-state index contributed by atoms with van der Waals surface area (Å²) in [7, 11) is 2.77. The minimum atomic E-state index is 0.881. The van der Waals surface area contributed by atoms with Gasteiger partial charge in [0.2, 0.25) is 0 Å². The van der Waals surface area contributed by atoms with Gasteiger partial charge in [0.1, 0.15) is 4.60 Å². The molecular weight excluding hydrogens is 293 g/mol. The van der Waals surface area contributed by atoms with E-state index in [1.165, 1.54) is 22.0 Å². The fourth-order valence-electron chi connectivity index (χ4n) is 2.08. The van der Waals surface area contributed by atoms with Crippen molar-refractivity contribution in [3.63, 3.8) is 0 Å². The molecule has 1 atom stereocenters. The quantitative estimate of drug-likeness (QED) is 0.606. The Balaban J connectivity index is 2.66. The molecular formula is C14H15BrNP. The van der Waals surface area contributed by atoms with Crippen molar-refractivity contribution in [2.75, 3.05) is 0 Å². The van der Waals surface area contributed by atoms with Gasteiger partial charge in [-0.25, -0.2) is 4.98 Å². The van der Waals surface area contributed by atoms with Gasteiger partial charge in [0, 0.05) is 5.56 Å². The van der Waals surface area contributed by atoms with Gasteiger partial charge < -0.3 is 0 Å². The molecule has 0 aliphatic heterocycles. The molecule has 0 spiro atoms. The van der Waals surface area contributed by atoms with Crippen molar-refractivity contribution in [2.24, 2.45) is 0 Å². The highest BCUT2D eigenvalue weighted by Crippen LogP contribution is 2.27. The monoisotopic (exact) mass is 307 g/mol. The van der Waals surface area contributed by atoms with Crippen molar-refractivity contribution >= 4 is 30.5 Å². The predicted octanol–water partition coefficient (Wildman–Crippen LogP) is 3.88. The Bertz CT molecular complexity index is 552. The molecule has 1 aromatic carbocycles. The Hall–Kier alpha value is -0.720. The maximum Gasteiger partial charge on any atom is 0.106 e. The lowest BCUT2D eigenvalue weighted by molar-refractivity contribution is 1.13. The molecule has 2 aromatic rings. The highest BCUT2D eigenvalue weighted by Gasteiger charge is 2.09. The van der Waals surface area contributed by atoms with E-state index >= 15 is 0 Å². The summed E-state index contributed by atoms with van der Waals surface area (Å²) in [5.74, 6) is 0. The van der Waals surface area contributed by atoms with Crippen molar-refractivity contribution in [3.05, 3.63) is 46.1 Å². The molecule has 0 N–H and O–H groups in total. The lowest BCUT2D eigenvalue weighted by atomic mass is 9.97. The number of halogens is 1. The molecule has 1 nitrogen and oxygen atoms in total. The average molecular weight is 308 g/mol. The van der Waals surface area contributed by atoms with Crippen LogP contribution in [0.2, 0.25) is 0 Å². The minimum Gasteiger partial charge on any atom is -0.241 e. The van der Waals surface area contributed by atoms with E-state index in [2.05, 4.69) is 62.2 Å². The van der Waals surface area contributed by atoms with Gasteiger partial charge >= 0.3 is 0 Å². The zero-order chi connectivity index (χ0) is 12.4. The Morgan fingerprint density at radius 1 is 1.29 bits per heavy atom. The number of benzene rings is 1. The summed E-state index contributed by atoms with van der Waals surface area (Å²) in [6.45, 7) is 4.32. The SMILES string of the molecule is CCc1cc(P)cc(C)c1-c1cccc(Br)n1. The summed E-state index contributed by atoms with van der Waals surface area (Å²) >= 11 is 3.43. The highest BCUT2D eigenvalue weighted by atomic mass is 79.9. The van der Waals surface area contributed by atoms with Crippen LogP contribution >= 0.6 is 25.2 Å². The van der Waals surface area contributed by atoms with E-state index in [-0.39, 0.29) is 0 Å². The van der Waals surface area contributed by atoms with Gasteiger partial charge in [0.25, 0.3) is 0 Å². The second-order valence-electron chi connectivity index (χ2n) is 4.07. The number of nitrogens with zero attached hydrogens (tertiary/aromatic N) is 1. The van der Waals surface area contributed by atoms with Crippen molar-refractivity contribution < 1.29 is 0 Å². The normalized spacial score (nSPS) is 10.6. The first kappa shape index (κ1) is 12.7. The molecule has 3 heteroatoms. The first-order valence-corrected chi connectivity index (χ1v) is 7.00. The third-order valence-electron chi connectivity index (χ3n) is 2.79. The highest BCUT2D eigenvalue weighted by molar-refractivity contribution is 9.10. The predicted molar refractivity (Wildman–Crippen MR) is 80.8 cm³/mol. The van der Waals surface area contributed by atoms with Gasteiger partial charge in [-0.3, -0.25) is 0 Å². The largest absolute Gasteiger partial charge is 0.241 e. The van der Waals surface area contributed by atoms with E-state index in [1.807, 2.05) is 12.1 Å². The van der Waals surface area contributed by atoms with E-state index in [4.69, 9.17) is 0 Å². The van der Waals surface area contributed by atoms with Gasteiger partial charge in [-0.15, -0.1) is 9.24 Å². The molecule has 0 fully saturated rings. The maximum atomic E-state index is 4.55. The van der Waals surface area contributed by atoms with Gasteiger partial charge in [-0.05, 0) is 57.8 Å².